The van der Waals surface area contributed by atoms with Gasteiger partial charge in [0.25, 0.3) is 0 Å². The molecule has 2 saturated heterocycles. The highest BCUT2D eigenvalue weighted by Gasteiger charge is 2.45. The van der Waals surface area contributed by atoms with Crippen molar-refractivity contribution in [3.8, 4) is 0 Å². The topological polar surface area (TPSA) is 66.8 Å². The van der Waals surface area contributed by atoms with Crippen LogP contribution in [-0.4, -0.2) is 34.5 Å². The van der Waals surface area contributed by atoms with Crippen molar-refractivity contribution in [3.05, 3.63) is 24.3 Å². The van der Waals surface area contributed by atoms with Gasteiger partial charge >= 0.3 is 5.97 Å². The van der Waals surface area contributed by atoms with Gasteiger partial charge in [0.15, 0.2) is 0 Å². The minimum Gasteiger partial charge on any atom is -0.481 e. The molecule has 5 unspecified atom stereocenters. The first-order chi connectivity index (χ1) is 12.1. The van der Waals surface area contributed by atoms with Gasteiger partial charge in [0.2, 0.25) is 0 Å². The Bertz CT molecular complexity index is 451. The highest BCUT2D eigenvalue weighted by molar-refractivity contribution is 5.66. The van der Waals surface area contributed by atoms with E-state index < -0.39 is 5.97 Å². The van der Waals surface area contributed by atoms with Gasteiger partial charge in [0.1, 0.15) is 0 Å². The molecule has 3 fully saturated rings. The average molecular weight is 350 g/mol. The molecule has 1 saturated carbocycles. The summed E-state index contributed by atoms with van der Waals surface area (Å²) < 4.78 is 5.91. The summed E-state index contributed by atoms with van der Waals surface area (Å²) in [4.78, 5) is 10.5. The maximum absolute atomic E-state index is 10.5. The van der Waals surface area contributed by atoms with Gasteiger partial charge in [0, 0.05) is 12.8 Å². The van der Waals surface area contributed by atoms with Crippen molar-refractivity contribution >= 4 is 5.97 Å². The maximum atomic E-state index is 10.5. The van der Waals surface area contributed by atoms with Gasteiger partial charge in [-0.2, -0.15) is 0 Å². The smallest absolute Gasteiger partial charge is 0.303 e. The highest BCUT2D eigenvalue weighted by atomic mass is 16.5. The van der Waals surface area contributed by atoms with Gasteiger partial charge in [-0.05, 0) is 43.9 Å². The Balaban J connectivity index is 1.76. The van der Waals surface area contributed by atoms with E-state index >= 15 is 0 Å². The molecule has 0 spiro atoms. The van der Waals surface area contributed by atoms with Crippen LogP contribution in [0.3, 0.4) is 0 Å². The first-order valence-corrected chi connectivity index (χ1v) is 9.98. The van der Waals surface area contributed by atoms with Crippen molar-refractivity contribution in [2.24, 2.45) is 11.8 Å². The number of unbranched alkanes of at least 4 members (excludes halogenated alkanes) is 3. The Morgan fingerprint density at radius 2 is 2.04 bits per heavy atom. The summed E-state index contributed by atoms with van der Waals surface area (Å²) >= 11 is 0. The molecule has 0 aromatic heterocycles. The second-order valence-corrected chi connectivity index (χ2v) is 7.54. The largest absolute Gasteiger partial charge is 0.481 e. The molecule has 3 aliphatic rings. The molecule has 25 heavy (non-hydrogen) atoms. The molecule has 2 bridgehead atoms. The molecule has 3 rings (SSSR count). The number of carboxylic acids is 1. The zero-order chi connectivity index (χ0) is 18.1. The number of hydrogen-bond acceptors (Lipinski definition) is 3. The zero-order valence-corrected chi connectivity index (χ0v) is 15.5. The number of ether oxygens (including phenoxy) is 1. The summed E-state index contributed by atoms with van der Waals surface area (Å²) in [6, 6.07) is 0. The Morgan fingerprint density at radius 1 is 1.24 bits per heavy atom. The van der Waals surface area contributed by atoms with Crippen LogP contribution >= 0.6 is 0 Å². The van der Waals surface area contributed by atoms with Gasteiger partial charge in [-0.1, -0.05) is 50.5 Å². The summed E-state index contributed by atoms with van der Waals surface area (Å²) in [6.45, 7) is 2.18. The average Bonchev–Trinajstić information content (AvgIpc) is 2.55. The van der Waals surface area contributed by atoms with Gasteiger partial charge < -0.3 is 14.9 Å². The number of aliphatic hydroxyl groups is 1. The van der Waals surface area contributed by atoms with Crippen molar-refractivity contribution in [2.75, 3.05) is 0 Å². The molecule has 2 heterocycles. The monoisotopic (exact) mass is 350 g/mol. The number of hydrogen-bond donors (Lipinski definition) is 2. The van der Waals surface area contributed by atoms with Crippen LogP contribution in [0.2, 0.25) is 0 Å². The normalized spacial score (nSPS) is 29.8. The summed E-state index contributed by atoms with van der Waals surface area (Å²) in [5, 5.41) is 18.8. The van der Waals surface area contributed by atoms with E-state index in [-0.39, 0.29) is 12.5 Å². The minimum atomic E-state index is -0.725. The summed E-state index contributed by atoms with van der Waals surface area (Å²) in [5.74, 6) is 0.249. The van der Waals surface area contributed by atoms with Crippen molar-refractivity contribution in [1.29, 1.82) is 0 Å². The summed E-state index contributed by atoms with van der Waals surface area (Å²) in [7, 11) is 0. The van der Waals surface area contributed by atoms with Gasteiger partial charge in [0.05, 0.1) is 18.3 Å². The number of aliphatic carboxylic acids is 1. The molecule has 0 aromatic rings. The number of carbonyl (C=O) groups is 1. The third-order valence-electron chi connectivity index (χ3n) is 5.45. The number of carboxylic acid groups (broad SMARTS) is 1. The second kappa shape index (κ2) is 10.8. The third-order valence-corrected chi connectivity index (χ3v) is 5.45. The first kappa shape index (κ1) is 20.2. The van der Waals surface area contributed by atoms with Crippen LogP contribution in [0, 0.1) is 11.8 Å². The molecule has 2 aliphatic heterocycles. The number of aliphatic hydroxyl groups excluding tert-OH is 1. The molecule has 0 amide bonds. The molecule has 0 aromatic carbocycles. The second-order valence-electron chi connectivity index (χ2n) is 7.54. The van der Waals surface area contributed by atoms with Gasteiger partial charge in [-0.3, -0.25) is 4.79 Å². The number of fused-ring (bicyclic) bond motifs is 2. The van der Waals surface area contributed by atoms with E-state index in [0.29, 0.717) is 30.5 Å². The molecule has 5 atom stereocenters. The van der Waals surface area contributed by atoms with Crippen LogP contribution in [0.25, 0.3) is 0 Å². The van der Waals surface area contributed by atoms with Gasteiger partial charge in [-0.25, -0.2) is 0 Å². The molecular formula is C21H34O4. The lowest BCUT2D eigenvalue weighted by molar-refractivity contribution is -0.198. The zero-order valence-electron chi connectivity index (χ0n) is 15.5. The molecule has 2 N–H and O–H groups in total. The maximum Gasteiger partial charge on any atom is 0.303 e. The first-order valence-electron chi connectivity index (χ1n) is 9.98. The van der Waals surface area contributed by atoms with E-state index in [4.69, 9.17) is 9.84 Å². The van der Waals surface area contributed by atoms with Crippen molar-refractivity contribution in [2.45, 2.75) is 89.4 Å². The molecule has 4 heteroatoms. The number of rotatable bonds is 12. The summed E-state index contributed by atoms with van der Waals surface area (Å²) in [6.07, 6.45) is 18.2. The lowest BCUT2D eigenvalue weighted by atomic mass is 9.70. The standard InChI is InChI=1S/C21H34O4/c1-2-3-6-9-17(22)13-12-16-14-18-15-20(25-18)19(16)10-7-4-5-8-11-21(23)24/h4,7,12-13,16-20,22H,2-3,5-6,8-11,14-15H2,1H3,(H,23,24). The van der Waals surface area contributed by atoms with Crippen LogP contribution in [0.1, 0.15) is 71.1 Å². The van der Waals surface area contributed by atoms with E-state index in [1.165, 1.54) is 19.3 Å². The van der Waals surface area contributed by atoms with Crippen molar-refractivity contribution < 1.29 is 19.7 Å². The van der Waals surface area contributed by atoms with E-state index in [9.17, 15) is 9.90 Å². The fourth-order valence-corrected chi connectivity index (χ4v) is 3.94. The van der Waals surface area contributed by atoms with E-state index in [2.05, 4.69) is 25.2 Å². The highest BCUT2D eigenvalue weighted by Crippen LogP contribution is 2.45. The predicted octanol–water partition coefficient (Wildman–Crippen LogP) is 4.48. The lowest BCUT2D eigenvalue weighted by Gasteiger charge is -2.50. The third kappa shape index (κ3) is 6.95. The molecule has 4 nitrogen and oxygen atoms in total. The van der Waals surface area contributed by atoms with Crippen LogP contribution in [-0.2, 0) is 9.53 Å². The Hall–Kier alpha value is -1.13. The van der Waals surface area contributed by atoms with Crippen LogP contribution < -0.4 is 0 Å². The van der Waals surface area contributed by atoms with Crippen molar-refractivity contribution in [1.82, 2.24) is 0 Å². The fraction of sp³-hybridized carbons (Fsp3) is 0.762. The molecule has 1 aliphatic carbocycles. The summed E-state index contributed by atoms with van der Waals surface area (Å²) in [5.41, 5.74) is 0. The predicted molar refractivity (Wildman–Crippen MR) is 99.4 cm³/mol. The SMILES string of the molecule is CCCCCC(O)C=CC1CC2CC(O2)C1CC=CCCCC(=O)O. The van der Waals surface area contributed by atoms with Crippen molar-refractivity contribution in [3.63, 3.8) is 0 Å². The van der Waals surface area contributed by atoms with Crippen LogP contribution in [0.15, 0.2) is 24.3 Å². The van der Waals surface area contributed by atoms with E-state index in [1.807, 2.05) is 6.08 Å². The quantitative estimate of drug-likeness (QED) is 0.402. The van der Waals surface area contributed by atoms with Crippen LogP contribution in [0.5, 0.6) is 0 Å². The van der Waals surface area contributed by atoms with E-state index in [0.717, 1.165) is 32.1 Å². The lowest BCUT2D eigenvalue weighted by Crippen LogP contribution is -2.51. The Morgan fingerprint density at radius 3 is 2.76 bits per heavy atom. The molecular weight excluding hydrogens is 316 g/mol. The van der Waals surface area contributed by atoms with Crippen LogP contribution in [0.4, 0.5) is 0 Å². The molecule has 0 radical (unpaired) electrons. The molecule has 142 valence electrons. The minimum absolute atomic E-state index is 0.239. The Labute approximate surface area is 152 Å². The Kier molecular flexibility index (Phi) is 8.70. The van der Waals surface area contributed by atoms with Gasteiger partial charge in [-0.15, -0.1) is 0 Å². The fourth-order valence-electron chi connectivity index (χ4n) is 3.94. The number of allylic oxidation sites excluding steroid dienone is 3. The van der Waals surface area contributed by atoms with E-state index in [1.54, 1.807) is 0 Å².